The molecule has 2 heterocycles. The van der Waals surface area contributed by atoms with E-state index in [9.17, 15) is 35.4 Å². The molecule has 0 bridgehead atoms. The van der Waals surface area contributed by atoms with E-state index in [1.807, 2.05) is 0 Å². The zero-order chi connectivity index (χ0) is 40.7. The van der Waals surface area contributed by atoms with E-state index in [0.717, 1.165) is 57.8 Å². The van der Waals surface area contributed by atoms with Crippen LogP contribution in [0, 0.1) is 56.7 Å². The van der Waals surface area contributed by atoms with Crippen molar-refractivity contribution in [1.29, 1.82) is 0 Å². The van der Waals surface area contributed by atoms with Gasteiger partial charge in [-0.2, -0.15) is 0 Å². The van der Waals surface area contributed by atoms with Crippen LogP contribution in [0.3, 0.4) is 0 Å². The van der Waals surface area contributed by atoms with E-state index in [2.05, 4.69) is 46.5 Å². The first-order valence-corrected chi connectivity index (χ1v) is 21.6. The second-order valence-electron chi connectivity index (χ2n) is 20.3. The molecule has 0 aromatic rings. The summed E-state index contributed by atoms with van der Waals surface area (Å²) in [6.07, 6.45) is -3.11. The number of carbonyl (C=O) groups is 1. The summed E-state index contributed by atoms with van der Waals surface area (Å²) in [7, 11) is 0. The maximum atomic E-state index is 14.1. The first-order valence-electron chi connectivity index (χ1n) is 21.6. The highest BCUT2D eigenvalue weighted by atomic mass is 16.8. The largest absolute Gasteiger partial charge is 0.396 e. The Morgan fingerprint density at radius 3 is 2.25 bits per heavy atom. The molecule has 320 valence electrons. The summed E-state index contributed by atoms with van der Waals surface area (Å²) in [6.45, 7) is 18.4. The third-order valence-electron chi connectivity index (χ3n) is 17.9. The second kappa shape index (κ2) is 15.3. The Kier molecular flexibility index (Phi) is 11.8. The van der Waals surface area contributed by atoms with E-state index in [4.69, 9.17) is 24.7 Å². The van der Waals surface area contributed by atoms with Crippen LogP contribution in [0.1, 0.15) is 106 Å². The normalized spacial score (nSPS) is 54.3. The van der Waals surface area contributed by atoms with E-state index in [1.54, 1.807) is 6.92 Å². The van der Waals surface area contributed by atoms with Crippen molar-refractivity contribution in [3.63, 3.8) is 0 Å². The summed E-state index contributed by atoms with van der Waals surface area (Å²) >= 11 is 0. The summed E-state index contributed by atoms with van der Waals surface area (Å²) in [6, 6.07) is 0. The maximum Gasteiger partial charge on any atom is 0.226 e. The van der Waals surface area contributed by atoms with Gasteiger partial charge in [-0.1, -0.05) is 39.8 Å². The second-order valence-corrected chi connectivity index (χ2v) is 20.3. The molecule has 13 nitrogen and oxygen atoms in total. The molecule has 7 rings (SSSR count). The predicted molar refractivity (Wildman–Crippen MR) is 206 cm³/mol. The van der Waals surface area contributed by atoms with Crippen LogP contribution in [0.4, 0.5) is 0 Å². The molecule has 5 aliphatic carbocycles. The van der Waals surface area contributed by atoms with Crippen molar-refractivity contribution in [2.24, 2.45) is 62.4 Å². The zero-order valence-electron chi connectivity index (χ0n) is 34.6. The van der Waals surface area contributed by atoms with E-state index in [0.29, 0.717) is 37.3 Å². The van der Waals surface area contributed by atoms with E-state index in [-0.39, 0.29) is 52.6 Å². The molecule has 0 aromatic carbocycles. The number of rotatable bonds is 9. The smallest absolute Gasteiger partial charge is 0.226 e. The molecule has 56 heavy (non-hydrogen) atoms. The van der Waals surface area contributed by atoms with Crippen molar-refractivity contribution < 1.29 is 54.4 Å². The van der Waals surface area contributed by atoms with Gasteiger partial charge >= 0.3 is 0 Å². The molecule has 5 saturated carbocycles. The number of fused-ring (bicyclic) bond motifs is 7. The molecule has 0 unspecified atom stereocenters. The molecule has 20 atom stereocenters. The topological polar surface area (TPSA) is 213 Å². The molecule has 7 aliphatic rings. The molecular formula is C43H72N2O11. The lowest BCUT2D eigenvalue weighted by molar-refractivity contribution is -0.366. The minimum Gasteiger partial charge on any atom is -0.396 e. The number of aliphatic hydroxyl groups is 6. The first-order chi connectivity index (χ1) is 26.3. The number of allylic oxidation sites excluding steroid dienone is 1. The van der Waals surface area contributed by atoms with Crippen molar-refractivity contribution in [1.82, 2.24) is 5.32 Å². The molecule has 0 aromatic heterocycles. The molecular weight excluding hydrogens is 720 g/mol. The average Bonchev–Trinajstić information content (AvgIpc) is 3.57. The van der Waals surface area contributed by atoms with Crippen molar-refractivity contribution in [3.8, 4) is 0 Å². The van der Waals surface area contributed by atoms with E-state index >= 15 is 0 Å². The first kappa shape index (κ1) is 42.9. The Balaban J connectivity index is 1.13. The number of nitrogens with two attached hydrogens (primary N) is 1. The molecule has 7 fully saturated rings. The van der Waals surface area contributed by atoms with E-state index < -0.39 is 66.8 Å². The summed E-state index contributed by atoms with van der Waals surface area (Å²) in [5.74, 6) is 1.68. The van der Waals surface area contributed by atoms with Gasteiger partial charge in [0.2, 0.25) is 5.91 Å². The van der Waals surface area contributed by atoms with Crippen molar-refractivity contribution in [2.75, 3.05) is 26.3 Å². The fourth-order valence-electron chi connectivity index (χ4n) is 14.6. The minimum absolute atomic E-state index is 0.0229. The number of ether oxygens (including phenoxy) is 4. The van der Waals surface area contributed by atoms with Crippen molar-refractivity contribution >= 4 is 5.91 Å². The molecule has 2 saturated heterocycles. The van der Waals surface area contributed by atoms with Crippen LogP contribution >= 0.6 is 0 Å². The third kappa shape index (κ3) is 6.31. The Morgan fingerprint density at radius 2 is 1.57 bits per heavy atom. The van der Waals surface area contributed by atoms with Crippen LogP contribution in [0.25, 0.3) is 0 Å². The quantitative estimate of drug-likeness (QED) is 0.125. The van der Waals surface area contributed by atoms with Crippen molar-refractivity contribution in [3.05, 3.63) is 12.2 Å². The van der Waals surface area contributed by atoms with Gasteiger partial charge in [0.15, 0.2) is 12.6 Å². The monoisotopic (exact) mass is 793 g/mol. The highest BCUT2D eigenvalue weighted by molar-refractivity contribution is 5.84. The van der Waals surface area contributed by atoms with Crippen LogP contribution < -0.4 is 11.1 Å². The summed E-state index contributed by atoms with van der Waals surface area (Å²) in [4.78, 5) is 14.1. The van der Waals surface area contributed by atoms with E-state index in [1.165, 1.54) is 5.57 Å². The maximum absolute atomic E-state index is 14.1. The fourth-order valence-corrected chi connectivity index (χ4v) is 14.6. The molecule has 2 aliphatic heterocycles. The zero-order valence-corrected chi connectivity index (χ0v) is 34.6. The Morgan fingerprint density at radius 1 is 0.839 bits per heavy atom. The number of nitrogens with one attached hydrogen (secondary N) is 1. The van der Waals surface area contributed by atoms with Gasteiger partial charge < -0.3 is 60.6 Å². The SMILES string of the molecule is C=C(C)[C@@H]1CC[C@]2(C(=O)NCCN)CC[C@]3(C)[C@H](CC[C@@H]4[C@@]5(C)CC[C@H](O[C@@H]6OC[C@H](O)[C@H](O)[C@H]6O[C@@H]6O[C@@H](C)[C@H](O)[C@@H](O)[C@H]6O)[C@@](C)(CO)[C@@H]5CC[C@]43C)[C@@H]12. The highest BCUT2D eigenvalue weighted by Gasteiger charge is 2.72. The Bertz CT molecular complexity index is 1470. The number of amides is 1. The fraction of sp³-hybridized carbons (Fsp3) is 0.930. The van der Waals surface area contributed by atoms with Gasteiger partial charge in [0.1, 0.15) is 36.6 Å². The lowest BCUT2D eigenvalue weighted by Gasteiger charge is -2.73. The van der Waals surface area contributed by atoms with Gasteiger partial charge in [0.05, 0.1) is 30.8 Å². The highest BCUT2D eigenvalue weighted by Crippen LogP contribution is 2.77. The number of aliphatic hydroxyl groups excluding tert-OH is 6. The lowest BCUT2D eigenvalue weighted by Crippen LogP contribution is -2.68. The predicted octanol–water partition coefficient (Wildman–Crippen LogP) is 2.37. The van der Waals surface area contributed by atoms with Gasteiger partial charge in [-0.05, 0) is 124 Å². The van der Waals surface area contributed by atoms with Gasteiger partial charge in [0, 0.05) is 18.5 Å². The number of hydrogen-bond donors (Lipinski definition) is 8. The molecule has 13 heteroatoms. The summed E-state index contributed by atoms with van der Waals surface area (Å²) in [5.41, 5.74) is 5.93. The van der Waals surface area contributed by atoms with Gasteiger partial charge in [-0.3, -0.25) is 4.79 Å². The average molecular weight is 793 g/mol. The minimum atomic E-state index is -1.62. The van der Waals surface area contributed by atoms with Crippen LogP contribution in [-0.4, -0.2) is 124 Å². The standard InChI is InChI=1S/C43H72N2O11/c1-22(2)24-10-15-43(38(52)45-19-18-44)17-16-41(6)25(30(24)43)8-9-28-39(4)13-12-29(40(5,21-46)27(39)11-14-42(28,41)7)55-37-35(32(49)26(47)20-53-37)56-36-34(51)33(50)31(48)23(3)54-36/h23-37,46-51H,1,8-21,44H2,2-7H3,(H,45,52)/t23-,24-,25+,26-,27+,28+,29-,30+,31-,32-,33+,34+,35+,36-,37-,39-,40-,41+,42+,43-/m0/s1. The molecule has 0 spiro atoms. The Hall–Kier alpha value is -1.23. The van der Waals surface area contributed by atoms with Crippen LogP contribution in [-0.2, 0) is 23.7 Å². The molecule has 1 amide bonds. The van der Waals surface area contributed by atoms with Gasteiger partial charge in [-0.15, -0.1) is 0 Å². The van der Waals surface area contributed by atoms with Crippen LogP contribution in [0.2, 0.25) is 0 Å². The van der Waals surface area contributed by atoms with Crippen molar-refractivity contribution in [2.45, 2.75) is 167 Å². The lowest BCUT2D eigenvalue weighted by atomic mass is 9.32. The summed E-state index contributed by atoms with van der Waals surface area (Å²) in [5, 5.41) is 67.7. The number of hydrogen-bond acceptors (Lipinski definition) is 12. The third-order valence-corrected chi connectivity index (χ3v) is 17.9. The molecule has 0 radical (unpaired) electrons. The van der Waals surface area contributed by atoms with Gasteiger partial charge in [-0.25, -0.2) is 0 Å². The molecule has 9 N–H and O–H groups in total. The number of carbonyl (C=O) groups excluding carboxylic acids is 1. The van der Waals surface area contributed by atoms with Crippen LogP contribution in [0.15, 0.2) is 12.2 Å². The van der Waals surface area contributed by atoms with Crippen LogP contribution in [0.5, 0.6) is 0 Å². The summed E-state index contributed by atoms with van der Waals surface area (Å²) < 4.78 is 24.4. The van der Waals surface area contributed by atoms with Gasteiger partial charge in [0.25, 0.3) is 0 Å². The Labute approximate surface area is 333 Å².